The molecule has 0 atom stereocenters. The third kappa shape index (κ3) is 5.33. The van der Waals surface area contributed by atoms with E-state index in [4.69, 9.17) is 14.6 Å². The predicted molar refractivity (Wildman–Crippen MR) is 77.8 cm³/mol. The van der Waals surface area contributed by atoms with Gasteiger partial charge in [0.2, 0.25) is 5.91 Å². The maximum Gasteiger partial charge on any atom is 0.303 e. The van der Waals surface area contributed by atoms with Gasteiger partial charge >= 0.3 is 5.97 Å². The van der Waals surface area contributed by atoms with Crippen molar-refractivity contribution in [3.05, 3.63) is 23.8 Å². The summed E-state index contributed by atoms with van der Waals surface area (Å²) in [5.41, 5.74) is 0.743. The summed E-state index contributed by atoms with van der Waals surface area (Å²) in [6.07, 6.45) is 0.677. The second kappa shape index (κ2) is 8.14. The van der Waals surface area contributed by atoms with Crippen molar-refractivity contribution >= 4 is 11.9 Å². The Hall–Kier alpha value is -2.24. The molecule has 1 aromatic carbocycles. The van der Waals surface area contributed by atoms with Crippen molar-refractivity contribution in [3.63, 3.8) is 0 Å². The Labute approximate surface area is 124 Å². The van der Waals surface area contributed by atoms with Crippen LogP contribution in [0.25, 0.3) is 0 Å². The summed E-state index contributed by atoms with van der Waals surface area (Å²) in [4.78, 5) is 24.1. The summed E-state index contributed by atoms with van der Waals surface area (Å²) in [5.74, 6) is 0.340. The zero-order chi connectivity index (χ0) is 15.8. The number of hydrogen-bond acceptors (Lipinski definition) is 4. The van der Waals surface area contributed by atoms with Crippen molar-refractivity contribution in [1.29, 1.82) is 0 Å². The lowest BCUT2D eigenvalue weighted by Crippen LogP contribution is -2.29. The smallest absolute Gasteiger partial charge is 0.303 e. The van der Waals surface area contributed by atoms with Gasteiger partial charge in [-0.1, -0.05) is 0 Å². The highest BCUT2D eigenvalue weighted by Crippen LogP contribution is 2.24. The van der Waals surface area contributed by atoms with Crippen molar-refractivity contribution in [1.82, 2.24) is 4.90 Å². The van der Waals surface area contributed by atoms with E-state index in [2.05, 4.69) is 0 Å². The number of benzene rings is 1. The van der Waals surface area contributed by atoms with Gasteiger partial charge in [-0.05, 0) is 24.6 Å². The number of nitrogens with zero attached hydrogens (tertiary/aromatic N) is 1. The zero-order valence-corrected chi connectivity index (χ0v) is 12.6. The number of aliphatic carboxylic acids is 1. The first-order chi connectivity index (χ1) is 9.97. The number of likely N-dealkylation sites (N-methyl/N-ethyl adjacent to an activating group) is 1. The van der Waals surface area contributed by atoms with Gasteiger partial charge in [-0.25, -0.2) is 0 Å². The second-order valence-corrected chi connectivity index (χ2v) is 4.67. The summed E-state index contributed by atoms with van der Waals surface area (Å²) in [6.45, 7) is 0.414. The van der Waals surface area contributed by atoms with Crippen LogP contribution in [0.4, 0.5) is 0 Å². The Morgan fingerprint density at radius 3 is 2.52 bits per heavy atom. The fraction of sp³-hybridized carbons (Fsp3) is 0.467. The van der Waals surface area contributed by atoms with E-state index in [-0.39, 0.29) is 18.7 Å². The molecule has 6 heteroatoms. The van der Waals surface area contributed by atoms with Gasteiger partial charge in [-0.15, -0.1) is 0 Å². The molecule has 0 fully saturated rings. The molecular formula is C15H21NO5. The van der Waals surface area contributed by atoms with Crippen molar-refractivity contribution in [2.24, 2.45) is 0 Å². The molecule has 0 bridgehead atoms. The fourth-order valence-corrected chi connectivity index (χ4v) is 1.91. The van der Waals surface area contributed by atoms with Crippen LogP contribution in [0.5, 0.6) is 11.5 Å². The van der Waals surface area contributed by atoms with E-state index in [1.807, 2.05) is 0 Å². The highest BCUT2D eigenvalue weighted by atomic mass is 16.5. The van der Waals surface area contributed by atoms with Crippen LogP contribution < -0.4 is 9.47 Å². The third-order valence-electron chi connectivity index (χ3n) is 3.14. The molecule has 0 aliphatic rings. The molecule has 21 heavy (non-hydrogen) atoms. The molecule has 1 aromatic rings. The fourth-order valence-electron chi connectivity index (χ4n) is 1.91. The van der Waals surface area contributed by atoms with Crippen LogP contribution in [0, 0.1) is 0 Å². The van der Waals surface area contributed by atoms with Crippen molar-refractivity contribution < 1.29 is 24.2 Å². The number of amides is 1. The van der Waals surface area contributed by atoms with E-state index in [9.17, 15) is 9.59 Å². The van der Waals surface area contributed by atoms with E-state index >= 15 is 0 Å². The monoisotopic (exact) mass is 295 g/mol. The van der Waals surface area contributed by atoms with Crippen LogP contribution in [-0.2, 0) is 16.0 Å². The third-order valence-corrected chi connectivity index (χ3v) is 3.14. The minimum absolute atomic E-state index is 0.0557. The quantitative estimate of drug-likeness (QED) is 0.788. The molecule has 0 spiro atoms. The molecule has 0 unspecified atom stereocenters. The Morgan fingerprint density at radius 1 is 1.24 bits per heavy atom. The molecule has 1 N–H and O–H groups in total. The normalized spacial score (nSPS) is 10.0. The number of methoxy groups -OCH3 is 2. The van der Waals surface area contributed by atoms with Crippen molar-refractivity contribution in [3.8, 4) is 11.5 Å². The molecule has 0 saturated heterocycles. The highest BCUT2D eigenvalue weighted by Gasteiger charge is 2.14. The van der Waals surface area contributed by atoms with E-state index in [0.29, 0.717) is 24.5 Å². The molecule has 0 radical (unpaired) electrons. The second-order valence-electron chi connectivity index (χ2n) is 4.67. The summed E-state index contributed by atoms with van der Waals surface area (Å²) >= 11 is 0. The number of carboxylic acid groups (broad SMARTS) is 1. The highest BCUT2D eigenvalue weighted by molar-refractivity contribution is 5.79. The maximum absolute atomic E-state index is 12.1. The van der Waals surface area contributed by atoms with E-state index in [0.717, 1.165) is 5.56 Å². The number of ether oxygens (including phenoxy) is 2. The Morgan fingerprint density at radius 2 is 1.95 bits per heavy atom. The summed E-state index contributed by atoms with van der Waals surface area (Å²) in [6, 6.07) is 5.29. The van der Waals surface area contributed by atoms with Crippen molar-refractivity contribution in [2.75, 3.05) is 27.8 Å². The minimum atomic E-state index is -0.856. The van der Waals surface area contributed by atoms with Gasteiger partial charge in [0.05, 0.1) is 20.6 Å². The first-order valence-electron chi connectivity index (χ1n) is 6.64. The van der Waals surface area contributed by atoms with Gasteiger partial charge < -0.3 is 19.5 Å². The van der Waals surface area contributed by atoms with Crippen molar-refractivity contribution in [2.45, 2.75) is 19.3 Å². The molecule has 0 aromatic heterocycles. The van der Waals surface area contributed by atoms with Gasteiger partial charge in [-0.3, -0.25) is 9.59 Å². The Balaban J connectivity index is 2.66. The summed E-state index contributed by atoms with van der Waals surface area (Å²) in [7, 11) is 4.77. The Bertz CT molecular complexity index is 501. The topological polar surface area (TPSA) is 76.1 Å². The van der Waals surface area contributed by atoms with Gasteiger partial charge in [0.1, 0.15) is 11.5 Å². The number of carbonyl (C=O) groups excluding carboxylic acids is 1. The van der Waals surface area contributed by atoms with Crippen LogP contribution in [0.3, 0.4) is 0 Å². The number of carbonyl (C=O) groups is 2. The average molecular weight is 295 g/mol. The minimum Gasteiger partial charge on any atom is -0.497 e. The van der Waals surface area contributed by atoms with E-state index < -0.39 is 5.97 Å². The largest absolute Gasteiger partial charge is 0.497 e. The van der Waals surface area contributed by atoms with E-state index in [1.165, 1.54) is 4.90 Å². The molecule has 6 nitrogen and oxygen atoms in total. The van der Waals surface area contributed by atoms with Crippen LogP contribution in [0.2, 0.25) is 0 Å². The number of rotatable bonds is 8. The Kier molecular flexibility index (Phi) is 6.52. The van der Waals surface area contributed by atoms with Crippen LogP contribution in [0.1, 0.15) is 18.4 Å². The first-order valence-corrected chi connectivity index (χ1v) is 6.64. The molecule has 0 saturated carbocycles. The lowest BCUT2D eigenvalue weighted by molar-refractivity contribution is -0.138. The predicted octanol–water partition coefficient (Wildman–Crippen LogP) is 1.57. The number of carboxylic acids is 1. The summed E-state index contributed by atoms with van der Waals surface area (Å²) in [5, 5.41) is 8.59. The molecule has 0 aliphatic heterocycles. The lowest BCUT2D eigenvalue weighted by atomic mass is 10.1. The van der Waals surface area contributed by atoms with Gasteiger partial charge in [0, 0.05) is 25.6 Å². The average Bonchev–Trinajstić information content (AvgIpc) is 2.46. The molecule has 0 aliphatic carbocycles. The van der Waals surface area contributed by atoms with Crippen LogP contribution >= 0.6 is 0 Å². The van der Waals surface area contributed by atoms with Gasteiger partial charge in [-0.2, -0.15) is 0 Å². The standard InChI is InChI=1S/C15H21NO5/c1-16(8-4-5-15(18)19)14(17)10-11-9-12(20-2)6-7-13(11)21-3/h6-7,9H,4-5,8,10H2,1-3H3,(H,18,19). The van der Waals surface area contributed by atoms with Gasteiger partial charge in [0.15, 0.2) is 0 Å². The lowest BCUT2D eigenvalue weighted by Gasteiger charge is -2.18. The maximum atomic E-state index is 12.1. The summed E-state index contributed by atoms with van der Waals surface area (Å²) < 4.78 is 10.4. The van der Waals surface area contributed by atoms with Gasteiger partial charge in [0.25, 0.3) is 0 Å². The molecule has 1 rings (SSSR count). The van der Waals surface area contributed by atoms with Crippen LogP contribution in [-0.4, -0.2) is 49.7 Å². The van der Waals surface area contributed by atoms with E-state index in [1.54, 1.807) is 39.5 Å². The first kappa shape index (κ1) is 16.8. The molecule has 116 valence electrons. The SMILES string of the molecule is COc1ccc(OC)c(CC(=O)N(C)CCCC(=O)O)c1. The van der Waals surface area contributed by atoms with Crippen LogP contribution in [0.15, 0.2) is 18.2 Å². The zero-order valence-electron chi connectivity index (χ0n) is 12.6. The molecule has 1 amide bonds. The number of hydrogen-bond donors (Lipinski definition) is 1. The molecule has 0 heterocycles. The molecular weight excluding hydrogens is 274 g/mol.